The van der Waals surface area contributed by atoms with Crippen molar-refractivity contribution < 1.29 is 9.47 Å². The highest BCUT2D eigenvalue weighted by molar-refractivity contribution is 7.98. The molecule has 0 radical (unpaired) electrons. The number of nitrogens with one attached hydrogen (secondary N) is 1. The lowest BCUT2D eigenvalue weighted by Crippen LogP contribution is -2.40. The fourth-order valence-electron chi connectivity index (χ4n) is 2.71. The summed E-state index contributed by atoms with van der Waals surface area (Å²) in [5, 5.41) is 3.71. The summed E-state index contributed by atoms with van der Waals surface area (Å²) in [5.41, 5.74) is 1.53. The van der Waals surface area contributed by atoms with Crippen molar-refractivity contribution in [2.24, 2.45) is 5.92 Å². The van der Waals surface area contributed by atoms with E-state index in [1.807, 2.05) is 0 Å². The van der Waals surface area contributed by atoms with Gasteiger partial charge in [-0.3, -0.25) is 0 Å². The molecule has 4 heteroatoms. The van der Waals surface area contributed by atoms with Crippen molar-refractivity contribution in [2.45, 2.75) is 43.7 Å². The van der Waals surface area contributed by atoms with Gasteiger partial charge in [0.15, 0.2) is 11.5 Å². The van der Waals surface area contributed by atoms with E-state index < -0.39 is 0 Å². The number of thioether (sulfide) groups is 1. The van der Waals surface area contributed by atoms with Crippen LogP contribution in [0.5, 0.6) is 11.5 Å². The lowest BCUT2D eigenvalue weighted by Gasteiger charge is -2.27. The minimum absolute atomic E-state index is 0.225. The predicted octanol–water partition coefficient (Wildman–Crippen LogP) is 3.46. The van der Waals surface area contributed by atoms with Gasteiger partial charge in [-0.25, -0.2) is 0 Å². The van der Waals surface area contributed by atoms with Crippen LogP contribution in [0.1, 0.15) is 32.3 Å². The predicted molar refractivity (Wildman–Crippen MR) is 82.9 cm³/mol. The van der Waals surface area contributed by atoms with Crippen LogP contribution in [0.4, 0.5) is 0 Å². The molecule has 0 spiro atoms. The normalized spacial score (nSPS) is 18.1. The maximum absolute atomic E-state index is 5.69. The molecule has 1 aromatic rings. The second kappa shape index (κ2) is 5.49. The van der Waals surface area contributed by atoms with E-state index in [-0.39, 0.29) is 5.54 Å². The molecule has 1 heterocycles. The van der Waals surface area contributed by atoms with Crippen LogP contribution < -0.4 is 14.8 Å². The third kappa shape index (κ3) is 2.91. The standard InChI is InChI=1S/C16H23NO2S/c1-16(2,12-4-5-12)17-10-11-8-13-14(9-15(11)20-3)19-7-6-18-13/h8-9,12,17H,4-7,10H2,1-3H3. The van der Waals surface area contributed by atoms with E-state index in [4.69, 9.17) is 9.47 Å². The summed E-state index contributed by atoms with van der Waals surface area (Å²) in [7, 11) is 0. The van der Waals surface area contributed by atoms with Gasteiger partial charge in [0.05, 0.1) is 0 Å². The average molecular weight is 293 g/mol. The maximum Gasteiger partial charge on any atom is 0.162 e. The molecule has 1 aliphatic carbocycles. The van der Waals surface area contributed by atoms with E-state index in [1.54, 1.807) is 11.8 Å². The van der Waals surface area contributed by atoms with Crippen molar-refractivity contribution in [2.75, 3.05) is 19.5 Å². The third-order valence-electron chi connectivity index (χ3n) is 4.28. The highest BCUT2D eigenvalue weighted by Gasteiger charge is 2.37. The van der Waals surface area contributed by atoms with Crippen LogP contribution in [0.3, 0.4) is 0 Å². The lowest BCUT2D eigenvalue weighted by atomic mass is 9.98. The number of benzene rings is 1. The number of ether oxygens (including phenoxy) is 2. The molecule has 20 heavy (non-hydrogen) atoms. The van der Waals surface area contributed by atoms with E-state index in [0.29, 0.717) is 13.2 Å². The molecule has 0 aromatic heterocycles. The number of rotatable bonds is 5. The molecule has 1 saturated carbocycles. The van der Waals surface area contributed by atoms with Crippen LogP contribution in [0, 0.1) is 5.92 Å². The van der Waals surface area contributed by atoms with Gasteiger partial charge >= 0.3 is 0 Å². The highest BCUT2D eigenvalue weighted by atomic mass is 32.2. The van der Waals surface area contributed by atoms with Gasteiger partial charge in [-0.05, 0) is 56.6 Å². The van der Waals surface area contributed by atoms with Crippen LogP contribution in [0.2, 0.25) is 0 Å². The average Bonchev–Trinajstić information content (AvgIpc) is 3.29. The molecule has 0 unspecified atom stereocenters. The molecular formula is C16H23NO2S. The smallest absolute Gasteiger partial charge is 0.162 e. The Morgan fingerprint density at radius 2 is 1.85 bits per heavy atom. The molecule has 1 aromatic carbocycles. The molecule has 0 amide bonds. The zero-order valence-electron chi connectivity index (χ0n) is 12.5. The number of hydrogen-bond acceptors (Lipinski definition) is 4. The van der Waals surface area contributed by atoms with Gasteiger partial charge in [0.25, 0.3) is 0 Å². The van der Waals surface area contributed by atoms with Gasteiger partial charge in [-0.15, -0.1) is 11.8 Å². The van der Waals surface area contributed by atoms with E-state index >= 15 is 0 Å². The van der Waals surface area contributed by atoms with Gasteiger partial charge in [0, 0.05) is 17.0 Å². The van der Waals surface area contributed by atoms with Crippen LogP contribution in [-0.4, -0.2) is 25.0 Å². The van der Waals surface area contributed by atoms with Crippen molar-refractivity contribution in [3.8, 4) is 11.5 Å². The molecule has 0 bridgehead atoms. The quantitative estimate of drug-likeness (QED) is 0.842. The molecule has 0 atom stereocenters. The van der Waals surface area contributed by atoms with Crippen molar-refractivity contribution >= 4 is 11.8 Å². The molecule has 1 fully saturated rings. The zero-order chi connectivity index (χ0) is 14.2. The zero-order valence-corrected chi connectivity index (χ0v) is 13.3. The van der Waals surface area contributed by atoms with Crippen molar-refractivity contribution in [3.63, 3.8) is 0 Å². The van der Waals surface area contributed by atoms with Crippen molar-refractivity contribution in [1.82, 2.24) is 5.32 Å². The second-order valence-electron chi connectivity index (χ2n) is 6.16. The van der Waals surface area contributed by atoms with Crippen LogP contribution in [0.15, 0.2) is 17.0 Å². The van der Waals surface area contributed by atoms with Gasteiger partial charge in [0.2, 0.25) is 0 Å². The molecular weight excluding hydrogens is 270 g/mol. The number of hydrogen-bond donors (Lipinski definition) is 1. The van der Waals surface area contributed by atoms with Crippen molar-refractivity contribution in [1.29, 1.82) is 0 Å². The Morgan fingerprint density at radius 1 is 1.20 bits per heavy atom. The summed E-state index contributed by atoms with van der Waals surface area (Å²) >= 11 is 1.77. The summed E-state index contributed by atoms with van der Waals surface area (Å²) in [6.07, 6.45) is 4.83. The summed E-state index contributed by atoms with van der Waals surface area (Å²) in [6, 6.07) is 4.25. The summed E-state index contributed by atoms with van der Waals surface area (Å²) in [5.74, 6) is 2.60. The maximum atomic E-state index is 5.69. The Labute approximate surface area is 125 Å². The van der Waals surface area contributed by atoms with E-state index in [2.05, 4.69) is 37.6 Å². The minimum Gasteiger partial charge on any atom is -0.486 e. The van der Waals surface area contributed by atoms with Crippen LogP contribution >= 0.6 is 11.8 Å². The highest BCUT2D eigenvalue weighted by Crippen LogP contribution is 2.40. The molecule has 1 N–H and O–H groups in total. The second-order valence-corrected chi connectivity index (χ2v) is 7.01. The third-order valence-corrected chi connectivity index (χ3v) is 5.10. The van der Waals surface area contributed by atoms with Crippen LogP contribution in [0.25, 0.3) is 0 Å². The minimum atomic E-state index is 0.225. The topological polar surface area (TPSA) is 30.5 Å². The summed E-state index contributed by atoms with van der Waals surface area (Å²) in [4.78, 5) is 1.27. The molecule has 110 valence electrons. The first kappa shape index (κ1) is 14.1. The molecule has 3 rings (SSSR count). The van der Waals surface area contributed by atoms with E-state index in [1.165, 1.54) is 23.3 Å². The van der Waals surface area contributed by atoms with Gasteiger partial charge in [-0.1, -0.05) is 0 Å². The summed E-state index contributed by atoms with van der Waals surface area (Å²) in [6.45, 7) is 6.79. The molecule has 3 nitrogen and oxygen atoms in total. The van der Waals surface area contributed by atoms with E-state index in [9.17, 15) is 0 Å². The Bertz CT molecular complexity index is 497. The first-order chi connectivity index (χ1) is 9.60. The largest absolute Gasteiger partial charge is 0.486 e. The Balaban J connectivity index is 1.77. The van der Waals surface area contributed by atoms with Crippen molar-refractivity contribution in [3.05, 3.63) is 17.7 Å². The Kier molecular flexibility index (Phi) is 3.87. The molecule has 1 aliphatic heterocycles. The summed E-state index contributed by atoms with van der Waals surface area (Å²) < 4.78 is 11.3. The Morgan fingerprint density at radius 3 is 2.45 bits per heavy atom. The monoisotopic (exact) mass is 293 g/mol. The van der Waals surface area contributed by atoms with Gasteiger partial charge in [0.1, 0.15) is 13.2 Å². The van der Waals surface area contributed by atoms with Gasteiger partial charge in [-0.2, -0.15) is 0 Å². The Hall–Kier alpha value is -0.870. The number of fused-ring (bicyclic) bond motifs is 1. The molecule has 0 saturated heterocycles. The SMILES string of the molecule is CSc1cc2c(cc1CNC(C)(C)C1CC1)OCCO2. The van der Waals surface area contributed by atoms with Gasteiger partial charge < -0.3 is 14.8 Å². The lowest BCUT2D eigenvalue weighted by molar-refractivity contribution is 0.170. The first-order valence-electron chi connectivity index (χ1n) is 7.31. The van der Waals surface area contributed by atoms with E-state index in [0.717, 1.165) is 24.0 Å². The first-order valence-corrected chi connectivity index (χ1v) is 8.54. The van der Waals surface area contributed by atoms with Crippen LogP contribution in [-0.2, 0) is 6.54 Å². The fraction of sp³-hybridized carbons (Fsp3) is 0.625. The molecule has 2 aliphatic rings. The fourth-order valence-corrected chi connectivity index (χ4v) is 3.33.